The van der Waals surface area contributed by atoms with E-state index in [1.54, 1.807) is 36.4 Å². The first kappa shape index (κ1) is 21.0. The van der Waals surface area contributed by atoms with Crippen LogP contribution in [0.3, 0.4) is 0 Å². The van der Waals surface area contributed by atoms with Crippen LogP contribution in [0.5, 0.6) is 0 Å². The molecule has 0 aromatic heterocycles. The lowest BCUT2D eigenvalue weighted by Crippen LogP contribution is -2.29. The fraction of sp³-hybridized carbons (Fsp3) is 0.120. The number of anilines is 1. The minimum atomic E-state index is -1.09. The normalized spacial score (nSPS) is 17.9. The second-order valence-corrected chi connectivity index (χ2v) is 8.34. The molecule has 1 fully saturated rings. The number of benzene rings is 3. The van der Waals surface area contributed by atoms with Crippen molar-refractivity contribution in [1.29, 1.82) is 0 Å². The topological polar surface area (TPSA) is 57.6 Å². The van der Waals surface area contributed by atoms with Gasteiger partial charge in [-0.1, -0.05) is 57.9 Å². The molecule has 1 N–H and O–H groups in total. The van der Waals surface area contributed by atoms with Gasteiger partial charge in [-0.3, -0.25) is 14.5 Å². The van der Waals surface area contributed by atoms with Crippen LogP contribution in [0, 0.1) is 19.7 Å². The summed E-state index contributed by atoms with van der Waals surface area (Å²) < 4.78 is 15.7. The number of aryl methyl sites for hydroxylation is 2. The van der Waals surface area contributed by atoms with E-state index in [1.165, 1.54) is 23.1 Å². The summed E-state index contributed by atoms with van der Waals surface area (Å²) in [4.78, 5) is 27.4. The molecule has 0 spiro atoms. The minimum absolute atomic E-state index is 0.137. The van der Waals surface area contributed by atoms with E-state index in [1.807, 2.05) is 26.0 Å². The molecule has 4 nitrogen and oxygen atoms in total. The summed E-state index contributed by atoms with van der Waals surface area (Å²) in [5, 5.41) is 11.1. The number of ketones is 1. The average Bonchev–Trinajstić information content (AvgIpc) is 3.01. The van der Waals surface area contributed by atoms with Crippen molar-refractivity contribution < 1.29 is 19.1 Å². The molecule has 1 unspecified atom stereocenters. The fourth-order valence-electron chi connectivity index (χ4n) is 3.74. The molecule has 1 amide bonds. The quantitative estimate of drug-likeness (QED) is 0.292. The number of Topliss-reactive ketones (excluding diaryl/α,β-unsaturated/α-hetero) is 1. The lowest BCUT2D eigenvalue weighted by molar-refractivity contribution is -0.132. The van der Waals surface area contributed by atoms with Gasteiger partial charge in [0.05, 0.1) is 11.6 Å². The molecule has 0 bridgehead atoms. The highest BCUT2D eigenvalue weighted by molar-refractivity contribution is 9.10. The Morgan fingerprint density at radius 3 is 2.32 bits per heavy atom. The predicted octanol–water partition coefficient (Wildman–Crippen LogP) is 5.83. The number of nitrogens with zero attached hydrogens (tertiary/aromatic N) is 1. The van der Waals surface area contributed by atoms with Crippen molar-refractivity contribution in [3.63, 3.8) is 0 Å². The van der Waals surface area contributed by atoms with Gasteiger partial charge in [0, 0.05) is 21.3 Å². The van der Waals surface area contributed by atoms with Gasteiger partial charge in [-0.05, 0) is 49.7 Å². The summed E-state index contributed by atoms with van der Waals surface area (Å²) >= 11 is 3.41. The lowest BCUT2D eigenvalue weighted by Gasteiger charge is -2.26. The third-order valence-corrected chi connectivity index (χ3v) is 6.28. The molecule has 0 saturated carbocycles. The van der Waals surface area contributed by atoms with Crippen LogP contribution in [0.15, 0.2) is 76.8 Å². The van der Waals surface area contributed by atoms with Crippen LogP contribution in [0.1, 0.15) is 28.3 Å². The SMILES string of the molecule is Cc1ccc(N2C(=O)C(=O)/C(=C(/O)c3ccc(Br)c(C)c3)C2c2ccccc2F)cc1. The Bertz CT molecular complexity index is 1230. The zero-order valence-corrected chi connectivity index (χ0v) is 18.5. The van der Waals surface area contributed by atoms with E-state index in [4.69, 9.17) is 0 Å². The summed E-state index contributed by atoms with van der Waals surface area (Å²) in [7, 11) is 0. The number of hydrogen-bond acceptors (Lipinski definition) is 3. The summed E-state index contributed by atoms with van der Waals surface area (Å²) in [6.45, 7) is 3.75. The van der Waals surface area contributed by atoms with Crippen LogP contribution < -0.4 is 4.90 Å². The van der Waals surface area contributed by atoms with Gasteiger partial charge in [-0.15, -0.1) is 0 Å². The number of aliphatic hydroxyl groups excluding tert-OH is 1. The van der Waals surface area contributed by atoms with E-state index in [0.29, 0.717) is 11.3 Å². The fourth-order valence-corrected chi connectivity index (χ4v) is 3.99. The third-order valence-electron chi connectivity index (χ3n) is 5.39. The van der Waals surface area contributed by atoms with Crippen LogP contribution >= 0.6 is 15.9 Å². The monoisotopic (exact) mass is 479 g/mol. The zero-order valence-electron chi connectivity index (χ0n) is 16.9. The first-order valence-corrected chi connectivity index (χ1v) is 10.5. The summed E-state index contributed by atoms with van der Waals surface area (Å²) in [5.74, 6) is -2.57. The molecule has 3 aromatic rings. The first-order valence-electron chi connectivity index (χ1n) is 9.68. The Balaban J connectivity index is 1.97. The van der Waals surface area contributed by atoms with Crippen molar-refractivity contribution in [3.05, 3.63) is 105 Å². The Kier molecular flexibility index (Phi) is 5.50. The van der Waals surface area contributed by atoms with Crippen molar-refractivity contribution in [2.24, 2.45) is 0 Å². The second kappa shape index (κ2) is 8.12. The van der Waals surface area contributed by atoms with Crippen LogP contribution in [0.4, 0.5) is 10.1 Å². The maximum Gasteiger partial charge on any atom is 0.300 e. The Labute approximate surface area is 187 Å². The van der Waals surface area contributed by atoms with E-state index >= 15 is 0 Å². The molecule has 1 atom stereocenters. The molecule has 31 heavy (non-hydrogen) atoms. The van der Waals surface area contributed by atoms with Crippen LogP contribution in [0.25, 0.3) is 5.76 Å². The first-order chi connectivity index (χ1) is 14.8. The van der Waals surface area contributed by atoms with E-state index in [2.05, 4.69) is 15.9 Å². The molecule has 1 heterocycles. The van der Waals surface area contributed by atoms with E-state index in [-0.39, 0.29) is 16.9 Å². The van der Waals surface area contributed by atoms with Crippen molar-refractivity contribution in [3.8, 4) is 0 Å². The molecule has 1 aliphatic heterocycles. The van der Waals surface area contributed by atoms with Gasteiger partial charge in [-0.25, -0.2) is 4.39 Å². The Morgan fingerprint density at radius 2 is 1.68 bits per heavy atom. The molecule has 6 heteroatoms. The molecule has 0 aliphatic carbocycles. The molecule has 1 saturated heterocycles. The largest absolute Gasteiger partial charge is 0.507 e. The molecule has 1 aliphatic rings. The van der Waals surface area contributed by atoms with Gasteiger partial charge < -0.3 is 5.11 Å². The maximum atomic E-state index is 14.8. The third kappa shape index (κ3) is 3.68. The van der Waals surface area contributed by atoms with Crippen molar-refractivity contribution >= 4 is 39.1 Å². The number of amides is 1. The Morgan fingerprint density at radius 1 is 1.00 bits per heavy atom. The summed E-state index contributed by atoms with van der Waals surface area (Å²) in [6.07, 6.45) is 0. The van der Waals surface area contributed by atoms with Crippen LogP contribution in [-0.2, 0) is 9.59 Å². The number of rotatable bonds is 3. The maximum absolute atomic E-state index is 14.8. The number of halogens is 2. The molecule has 156 valence electrons. The molecule has 0 radical (unpaired) electrons. The summed E-state index contributed by atoms with van der Waals surface area (Å²) in [6, 6.07) is 17.0. The molecular formula is C25H19BrFNO3. The zero-order chi connectivity index (χ0) is 22.3. The number of aliphatic hydroxyl groups is 1. The molecule has 3 aromatic carbocycles. The van der Waals surface area contributed by atoms with Gasteiger partial charge in [0.2, 0.25) is 0 Å². The average molecular weight is 480 g/mol. The van der Waals surface area contributed by atoms with E-state index in [0.717, 1.165) is 15.6 Å². The van der Waals surface area contributed by atoms with E-state index in [9.17, 15) is 19.1 Å². The second-order valence-electron chi connectivity index (χ2n) is 7.49. The molecular weight excluding hydrogens is 461 g/mol. The highest BCUT2D eigenvalue weighted by atomic mass is 79.9. The standard InChI is InChI=1S/C25H19BrFNO3/c1-14-7-10-17(11-8-14)28-22(18-5-3-4-6-20(18)27)21(24(30)25(28)31)23(29)16-9-12-19(26)15(2)13-16/h3-13,22,29H,1-2H3/b23-21+. The van der Waals surface area contributed by atoms with Gasteiger partial charge in [0.25, 0.3) is 11.7 Å². The van der Waals surface area contributed by atoms with Gasteiger partial charge in [0.1, 0.15) is 11.6 Å². The highest BCUT2D eigenvalue weighted by Gasteiger charge is 2.47. The van der Waals surface area contributed by atoms with Crippen molar-refractivity contribution in [1.82, 2.24) is 0 Å². The van der Waals surface area contributed by atoms with Gasteiger partial charge in [-0.2, -0.15) is 0 Å². The van der Waals surface area contributed by atoms with Crippen LogP contribution in [0.2, 0.25) is 0 Å². The predicted molar refractivity (Wildman–Crippen MR) is 121 cm³/mol. The highest BCUT2D eigenvalue weighted by Crippen LogP contribution is 2.43. The number of carbonyl (C=O) groups is 2. The number of hydrogen-bond donors (Lipinski definition) is 1. The van der Waals surface area contributed by atoms with Crippen molar-refractivity contribution in [2.45, 2.75) is 19.9 Å². The van der Waals surface area contributed by atoms with Gasteiger partial charge >= 0.3 is 0 Å². The smallest absolute Gasteiger partial charge is 0.300 e. The Hall–Kier alpha value is -3.25. The minimum Gasteiger partial charge on any atom is -0.507 e. The van der Waals surface area contributed by atoms with Crippen LogP contribution in [-0.4, -0.2) is 16.8 Å². The molecule has 4 rings (SSSR count). The summed E-state index contributed by atoms with van der Waals surface area (Å²) in [5.41, 5.74) is 2.65. The van der Waals surface area contributed by atoms with Gasteiger partial charge in [0.15, 0.2) is 0 Å². The van der Waals surface area contributed by atoms with E-state index < -0.39 is 23.5 Å². The van der Waals surface area contributed by atoms with Crippen molar-refractivity contribution in [2.75, 3.05) is 4.90 Å². The number of carbonyl (C=O) groups excluding carboxylic acids is 2. The lowest BCUT2D eigenvalue weighted by atomic mass is 9.94.